The van der Waals surface area contributed by atoms with Gasteiger partial charge in [-0.1, -0.05) is 132 Å². The van der Waals surface area contributed by atoms with Crippen LogP contribution in [0.3, 0.4) is 0 Å². The average Bonchev–Trinajstić information content (AvgIpc) is 2.90. The largest absolute Gasteiger partial charge is 0.0683 e. The fourth-order valence-electron chi connectivity index (χ4n) is 3.93. The van der Waals surface area contributed by atoms with E-state index in [4.69, 9.17) is 0 Å². The number of hydrogen-bond donors (Lipinski definition) is 0. The van der Waals surface area contributed by atoms with Gasteiger partial charge in [-0.15, -0.1) is 0 Å². The molecule has 0 atom stereocenters. The van der Waals surface area contributed by atoms with Crippen molar-refractivity contribution in [1.82, 2.24) is 0 Å². The summed E-state index contributed by atoms with van der Waals surface area (Å²) in [7, 11) is 0. The molecule has 0 spiro atoms. The average molecular weight is 443 g/mol. The van der Waals surface area contributed by atoms with E-state index in [1.807, 2.05) is 69.2 Å². The highest BCUT2D eigenvalue weighted by Crippen LogP contribution is 2.36. The van der Waals surface area contributed by atoms with Crippen molar-refractivity contribution >= 4 is 0 Å². The third kappa shape index (κ3) is 13.1. The Morgan fingerprint density at radius 1 is 0.469 bits per heavy atom. The van der Waals surface area contributed by atoms with Gasteiger partial charge < -0.3 is 0 Å². The third-order valence-electron chi connectivity index (χ3n) is 5.25. The maximum Gasteiger partial charge on any atom is -0.0101 e. The lowest BCUT2D eigenvalue weighted by Gasteiger charge is -2.32. The van der Waals surface area contributed by atoms with Crippen molar-refractivity contribution in [2.45, 2.75) is 133 Å². The summed E-state index contributed by atoms with van der Waals surface area (Å²) in [6.45, 7) is 24.7. The van der Waals surface area contributed by atoms with Crippen molar-refractivity contribution in [3.8, 4) is 0 Å². The Labute approximate surface area is 204 Å². The SMILES string of the molecule is CC.CC.CC.CC.CC.CC1(C)CCCc2ccccc21.c1ccc2c(c1)CCCC2. The fourth-order valence-corrected chi connectivity index (χ4v) is 3.93. The molecule has 2 aliphatic carbocycles. The van der Waals surface area contributed by atoms with Gasteiger partial charge in [0, 0.05) is 0 Å². The highest BCUT2D eigenvalue weighted by Gasteiger charge is 2.26. The lowest BCUT2D eigenvalue weighted by atomic mass is 9.73. The lowest BCUT2D eigenvalue weighted by Crippen LogP contribution is -2.23. The summed E-state index contributed by atoms with van der Waals surface area (Å²) in [5.41, 5.74) is 6.70. The molecular formula is C32H58. The van der Waals surface area contributed by atoms with Crippen LogP contribution in [-0.2, 0) is 24.7 Å². The molecule has 0 heterocycles. The number of benzene rings is 2. The minimum absolute atomic E-state index is 0.412. The van der Waals surface area contributed by atoms with E-state index in [-0.39, 0.29) is 0 Å². The Balaban J connectivity index is -0.000000382. The Kier molecular flexibility index (Phi) is 26.4. The van der Waals surface area contributed by atoms with Crippen molar-refractivity contribution in [2.24, 2.45) is 0 Å². The van der Waals surface area contributed by atoms with Crippen molar-refractivity contribution in [2.75, 3.05) is 0 Å². The van der Waals surface area contributed by atoms with E-state index in [9.17, 15) is 0 Å². The van der Waals surface area contributed by atoms with Crippen LogP contribution < -0.4 is 0 Å². The van der Waals surface area contributed by atoms with E-state index in [0.717, 1.165) is 0 Å². The molecule has 0 heteroatoms. The second kappa shape index (κ2) is 24.1. The zero-order chi connectivity index (χ0) is 25.4. The van der Waals surface area contributed by atoms with Gasteiger partial charge in [0.1, 0.15) is 0 Å². The zero-order valence-electron chi connectivity index (χ0n) is 24.1. The van der Waals surface area contributed by atoms with Crippen molar-refractivity contribution in [1.29, 1.82) is 0 Å². The van der Waals surface area contributed by atoms with Gasteiger partial charge >= 0.3 is 0 Å². The number of fused-ring (bicyclic) bond motifs is 2. The molecule has 32 heavy (non-hydrogen) atoms. The van der Waals surface area contributed by atoms with Crippen LogP contribution in [0.15, 0.2) is 48.5 Å². The molecule has 0 amide bonds. The molecule has 0 fully saturated rings. The molecule has 0 radical (unpaired) electrons. The van der Waals surface area contributed by atoms with Gasteiger partial charge in [0.05, 0.1) is 0 Å². The Morgan fingerprint density at radius 2 is 0.812 bits per heavy atom. The first-order valence-corrected chi connectivity index (χ1v) is 13.8. The maximum atomic E-state index is 2.35. The topological polar surface area (TPSA) is 0 Å². The molecule has 2 aliphatic rings. The van der Waals surface area contributed by atoms with Crippen molar-refractivity contribution < 1.29 is 0 Å². The summed E-state index contributed by atoms with van der Waals surface area (Å²) in [6, 6.07) is 17.7. The van der Waals surface area contributed by atoms with Crippen LogP contribution in [0.1, 0.15) is 131 Å². The molecule has 0 nitrogen and oxygen atoms in total. The van der Waals surface area contributed by atoms with E-state index in [1.54, 1.807) is 22.3 Å². The smallest absolute Gasteiger partial charge is 0.0101 e. The lowest BCUT2D eigenvalue weighted by molar-refractivity contribution is 0.432. The van der Waals surface area contributed by atoms with E-state index >= 15 is 0 Å². The Hall–Kier alpha value is -1.56. The molecule has 0 aromatic heterocycles. The summed E-state index contributed by atoms with van der Waals surface area (Å²) >= 11 is 0. The molecule has 0 aliphatic heterocycles. The minimum atomic E-state index is 0.412. The maximum absolute atomic E-state index is 2.35. The van der Waals surface area contributed by atoms with Crippen LogP contribution >= 0.6 is 0 Å². The highest BCUT2D eigenvalue weighted by atomic mass is 14.3. The van der Waals surface area contributed by atoms with E-state index in [0.29, 0.717) is 5.41 Å². The van der Waals surface area contributed by atoms with E-state index in [2.05, 4.69) is 62.4 Å². The van der Waals surface area contributed by atoms with E-state index < -0.39 is 0 Å². The zero-order valence-corrected chi connectivity index (χ0v) is 24.1. The van der Waals surface area contributed by atoms with Gasteiger partial charge in [0.25, 0.3) is 0 Å². The number of aryl methyl sites for hydroxylation is 3. The molecule has 0 unspecified atom stereocenters. The monoisotopic (exact) mass is 442 g/mol. The quantitative estimate of drug-likeness (QED) is 0.380. The van der Waals surface area contributed by atoms with Crippen LogP contribution in [0.4, 0.5) is 0 Å². The molecule has 2 aromatic carbocycles. The number of hydrogen-bond acceptors (Lipinski definition) is 0. The van der Waals surface area contributed by atoms with Gasteiger partial charge in [-0.2, -0.15) is 0 Å². The van der Waals surface area contributed by atoms with Crippen LogP contribution in [0, 0.1) is 0 Å². The van der Waals surface area contributed by atoms with Crippen LogP contribution in [-0.4, -0.2) is 0 Å². The Bertz CT molecular complexity index is 596. The molecule has 4 rings (SSSR count). The summed E-state index contributed by atoms with van der Waals surface area (Å²) in [6.07, 6.45) is 9.34. The third-order valence-corrected chi connectivity index (χ3v) is 5.25. The molecule has 2 aromatic rings. The molecule has 0 saturated carbocycles. The second-order valence-electron chi connectivity index (χ2n) is 7.37. The van der Waals surface area contributed by atoms with Crippen molar-refractivity contribution in [3.63, 3.8) is 0 Å². The highest BCUT2D eigenvalue weighted by molar-refractivity contribution is 5.35. The van der Waals surface area contributed by atoms with Crippen LogP contribution in [0.25, 0.3) is 0 Å². The molecule has 0 N–H and O–H groups in total. The first kappa shape index (κ1) is 35.0. The first-order valence-electron chi connectivity index (χ1n) is 13.8. The summed E-state index contributed by atoms with van der Waals surface area (Å²) < 4.78 is 0. The van der Waals surface area contributed by atoms with Gasteiger partial charge in [0.2, 0.25) is 0 Å². The van der Waals surface area contributed by atoms with Crippen LogP contribution in [0.2, 0.25) is 0 Å². The molecule has 0 saturated heterocycles. The minimum Gasteiger partial charge on any atom is -0.0683 e. The predicted molar refractivity (Wildman–Crippen MR) is 152 cm³/mol. The molecular weight excluding hydrogens is 384 g/mol. The van der Waals surface area contributed by atoms with Gasteiger partial charge in [0.15, 0.2) is 0 Å². The summed E-state index contributed by atoms with van der Waals surface area (Å²) in [4.78, 5) is 0. The first-order chi connectivity index (χ1) is 15.7. The van der Waals surface area contributed by atoms with Gasteiger partial charge in [-0.05, 0) is 72.6 Å². The fraction of sp³-hybridized carbons (Fsp3) is 0.625. The van der Waals surface area contributed by atoms with Gasteiger partial charge in [-0.25, -0.2) is 0 Å². The second-order valence-corrected chi connectivity index (χ2v) is 7.37. The summed E-state index contributed by atoms with van der Waals surface area (Å²) in [5, 5.41) is 0. The Morgan fingerprint density at radius 3 is 1.22 bits per heavy atom. The van der Waals surface area contributed by atoms with Crippen molar-refractivity contribution in [3.05, 3.63) is 70.8 Å². The number of rotatable bonds is 0. The predicted octanol–water partition coefficient (Wildman–Crippen LogP) is 11.0. The standard InChI is InChI=1S/C12H16.C10H12.5C2H6/c1-12(2)9-5-7-10-6-3-4-8-11(10)12;1-2-6-10-8-4-3-7-9(10)5-1;5*1-2/h3-4,6,8H,5,7,9H2,1-2H3;1-2,5-6H,3-4,7-8H2;5*1-2H3. The summed E-state index contributed by atoms with van der Waals surface area (Å²) in [5.74, 6) is 0. The van der Waals surface area contributed by atoms with E-state index in [1.165, 1.54) is 44.9 Å². The van der Waals surface area contributed by atoms with Gasteiger partial charge in [-0.3, -0.25) is 0 Å². The molecule has 0 bridgehead atoms. The molecule has 186 valence electrons. The normalized spacial score (nSPS) is 13.6. The van der Waals surface area contributed by atoms with Crippen LogP contribution in [0.5, 0.6) is 0 Å².